The molecule has 0 aromatic carbocycles. The maximum Gasteiger partial charge on any atom is 0.185 e. The lowest BCUT2D eigenvalue weighted by atomic mass is 9.82. The number of allylic oxidation sites excluding steroid dienone is 10. The molecule has 0 saturated carbocycles. The maximum atomic E-state index is 12.7. The first kappa shape index (κ1) is 29.4. The van der Waals surface area contributed by atoms with E-state index < -0.39 is 4.87 Å². The molecule has 0 fully saturated rings. The molecule has 33 heavy (non-hydrogen) atoms. The molecule has 1 rings (SSSR count). The van der Waals surface area contributed by atoms with Crippen LogP contribution in [-0.4, -0.2) is 16.4 Å². The van der Waals surface area contributed by atoms with Gasteiger partial charge in [-0.05, 0) is 106 Å². The zero-order chi connectivity index (χ0) is 25.2. The van der Waals surface area contributed by atoms with E-state index in [1.54, 1.807) is 20.8 Å². The van der Waals surface area contributed by atoms with Gasteiger partial charge in [0.05, 0.1) is 0 Å². The van der Waals surface area contributed by atoms with Crippen molar-refractivity contribution in [2.45, 2.75) is 118 Å². The van der Waals surface area contributed by atoms with Gasteiger partial charge in [-0.2, -0.15) is 0 Å². The van der Waals surface area contributed by atoms with Crippen LogP contribution in [0.4, 0.5) is 0 Å². The third-order valence-electron chi connectivity index (χ3n) is 6.81. The second kappa shape index (κ2) is 13.9. The molecule has 0 amide bonds. The van der Waals surface area contributed by atoms with Crippen LogP contribution in [0.2, 0.25) is 0 Å². The van der Waals surface area contributed by atoms with Crippen molar-refractivity contribution in [1.29, 1.82) is 0 Å². The lowest BCUT2D eigenvalue weighted by Crippen LogP contribution is -2.23. The number of carbonyl (C=O) groups is 2. The highest BCUT2D eigenvalue weighted by Crippen LogP contribution is 2.33. The summed E-state index contributed by atoms with van der Waals surface area (Å²) in [5.74, 6) is 0.00422. The van der Waals surface area contributed by atoms with Gasteiger partial charge >= 0.3 is 0 Å². The molecule has 0 radical (unpaired) electrons. The molecule has 0 aromatic heterocycles. The molecule has 184 valence electrons. The number of halogens is 1. The van der Waals surface area contributed by atoms with Crippen LogP contribution in [0.5, 0.6) is 0 Å². The van der Waals surface area contributed by atoms with E-state index >= 15 is 0 Å². The van der Waals surface area contributed by atoms with E-state index in [1.165, 1.54) is 16.7 Å². The molecule has 1 aliphatic carbocycles. The van der Waals surface area contributed by atoms with E-state index in [9.17, 15) is 9.59 Å². The van der Waals surface area contributed by atoms with Gasteiger partial charge in [-0.1, -0.05) is 41.9 Å². The number of hydrogen-bond acceptors (Lipinski definition) is 2. The zero-order valence-electron chi connectivity index (χ0n) is 22.3. The van der Waals surface area contributed by atoms with E-state index in [0.29, 0.717) is 35.1 Å². The predicted octanol–water partition coefficient (Wildman–Crippen LogP) is 9.16. The quantitative estimate of drug-likeness (QED) is 0.152. The van der Waals surface area contributed by atoms with Crippen LogP contribution >= 0.6 is 11.6 Å². The van der Waals surface area contributed by atoms with Gasteiger partial charge in [-0.3, -0.25) is 9.59 Å². The molecule has 0 aliphatic heterocycles. The van der Waals surface area contributed by atoms with Crippen molar-refractivity contribution in [2.24, 2.45) is 0 Å². The summed E-state index contributed by atoms with van der Waals surface area (Å²) in [4.78, 5) is 24.7. The third kappa shape index (κ3) is 10.0. The minimum Gasteiger partial charge on any atom is -0.289 e. The largest absolute Gasteiger partial charge is 0.289 e. The topological polar surface area (TPSA) is 34.1 Å². The van der Waals surface area contributed by atoms with Crippen molar-refractivity contribution < 1.29 is 9.59 Å². The molecule has 0 bridgehead atoms. The van der Waals surface area contributed by atoms with Crippen LogP contribution < -0.4 is 0 Å². The van der Waals surface area contributed by atoms with Crippen molar-refractivity contribution in [2.75, 3.05) is 0 Å². The molecule has 0 N–H and O–H groups in total. The average molecular weight is 473 g/mol. The highest BCUT2D eigenvalue weighted by molar-refractivity contribution is 6.25. The van der Waals surface area contributed by atoms with Crippen LogP contribution in [0.15, 0.2) is 57.2 Å². The fourth-order valence-electron chi connectivity index (χ4n) is 4.16. The van der Waals surface area contributed by atoms with Crippen LogP contribution in [0.25, 0.3) is 0 Å². The first-order chi connectivity index (χ1) is 15.4. The van der Waals surface area contributed by atoms with Gasteiger partial charge < -0.3 is 0 Å². The van der Waals surface area contributed by atoms with Crippen LogP contribution in [0, 0.1) is 0 Å². The molecule has 1 unspecified atom stereocenters. The van der Waals surface area contributed by atoms with Crippen molar-refractivity contribution in [1.82, 2.24) is 0 Å². The fraction of sp³-hybridized carbons (Fsp3) is 0.600. The lowest BCUT2D eigenvalue weighted by molar-refractivity contribution is -0.116. The zero-order valence-corrected chi connectivity index (χ0v) is 23.0. The molecule has 0 aromatic rings. The Labute approximate surface area is 207 Å². The molecule has 0 saturated heterocycles. The number of ketones is 2. The lowest BCUT2D eigenvalue weighted by Gasteiger charge is -2.24. The minimum absolute atomic E-state index is 0.00451. The highest BCUT2D eigenvalue weighted by atomic mass is 35.5. The van der Waals surface area contributed by atoms with Gasteiger partial charge in [0.15, 0.2) is 11.6 Å². The number of carbonyl (C=O) groups excluding carboxylic acids is 2. The van der Waals surface area contributed by atoms with Crippen LogP contribution in [0.3, 0.4) is 0 Å². The summed E-state index contributed by atoms with van der Waals surface area (Å²) in [5.41, 5.74) is 6.73. The summed E-state index contributed by atoms with van der Waals surface area (Å²) in [6, 6.07) is 0. The Morgan fingerprint density at radius 3 is 2.03 bits per heavy atom. The number of alkyl halides is 1. The average Bonchev–Trinajstić information content (AvgIpc) is 2.74. The minimum atomic E-state index is -0.391. The molecule has 0 heterocycles. The summed E-state index contributed by atoms with van der Waals surface area (Å²) in [6.45, 7) is 16.0. The molecule has 0 spiro atoms. The SMILES string of the molecule is CC/C(=C\CCC(C)(Cl)CCC1=C(C)C(=O)C(C)=C(C)C1=O)CC/C=C(\C)CCC=C(C)C. The molecule has 2 nitrogen and oxygen atoms in total. The van der Waals surface area contributed by atoms with Gasteiger partial charge in [-0.25, -0.2) is 0 Å². The van der Waals surface area contributed by atoms with E-state index in [0.717, 1.165) is 44.9 Å². The van der Waals surface area contributed by atoms with Gasteiger partial charge in [0.1, 0.15) is 0 Å². The summed E-state index contributed by atoms with van der Waals surface area (Å²) in [6.07, 6.45) is 15.6. The van der Waals surface area contributed by atoms with Gasteiger partial charge in [0.25, 0.3) is 0 Å². The monoisotopic (exact) mass is 472 g/mol. The normalized spacial score (nSPS) is 17.6. The maximum absolute atomic E-state index is 12.7. The number of hydrogen-bond donors (Lipinski definition) is 0. The van der Waals surface area contributed by atoms with Crippen LogP contribution in [0.1, 0.15) is 113 Å². The third-order valence-corrected chi connectivity index (χ3v) is 7.19. The molecular weight excluding hydrogens is 428 g/mol. The Bertz CT molecular complexity index is 871. The van der Waals surface area contributed by atoms with E-state index in [1.807, 2.05) is 6.92 Å². The van der Waals surface area contributed by atoms with E-state index in [2.05, 4.69) is 45.9 Å². The first-order valence-electron chi connectivity index (χ1n) is 12.5. The second-order valence-corrected chi connectivity index (χ2v) is 11.0. The number of Topliss-reactive ketones (excluding diaryl/α,β-unsaturated/α-hetero) is 2. The Balaban J connectivity index is 2.56. The smallest absolute Gasteiger partial charge is 0.185 e. The van der Waals surface area contributed by atoms with Gasteiger partial charge in [-0.15, -0.1) is 11.6 Å². The van der Waals surface area contributed by atoms with Crippen molar-refractivity contribution >= 4 is 23.2 Å². The standard InChI is InChI=1S/C30H45ClO2/c1-9-26(16-11-15-22(4)14-10-13-21(2)3)17-12-19-30(8,31)20-18-27-25(7)28(32)23(5)24(6)29(27)33/h13,15,17H,9-12,14,16,18-20H2,1-8H3/b22-15+,26-17+. The second-order valence-electron chi connectivity index (χ2n) is 10.1. The van der Waals surface area contributed by atoms with E-state index in [4.69, 9.17) is 11.6 Å². The summed E-state index contributed by atoms with van der Waals surface area (Å²) in [7, 11) is 0. The molecular formula is C30H45ClO2. The van der Waals surface area contributed by atoms with Gasteiger partial charge in [0.2, 0.25) is 0 Å². The summed E-state index contributed by atoms with van der Waals surface area (Å²) >= 11 is 6.82. The molecule has 3 heteroatoms. The Kier molecular flexibility index (Phi) is 12.4. The Hall–Kier alpha value is -1.67. The van der Waals surface area contributed by atoms with Crippen molar-refractivity contribution in [3.8, 4) is 0 Å². The van der Waals surface area contributed by atoms with E-state index in [-0.39, 0.29) is 11.6 Å². The Morgan fingerprint density at radius 1 is 0.818 bits per heavy atom. The molecule has 1 aliphatic rings. The van der Waals surface area contributed by atoms with Gasteiger partial charge in [0, 0.05) is 27.2 Å². The summed E-state index contributed by atoms with van der Waals surface area (Å²) < 4.78 is 0. The first-order valence-corrected chi connectivity index (χ1v) is 12.9. The highest BCUT2D eigenvalue weighted by Gasteiger charge is 2.29. The summed E-state index contributed by atoms with van der Waals surface area (Å²) in [5, 5.41) is 0. The molecule has 1 atom stereocenters. The number of rotatable bonds is 13. The van der Waals surface area contributed by atoms with Crippen molar-refractivity contribution in [3.05, 3.63) is 57.2 Å². The van der Waals surface area contributed by atoms with Crippen LogP contribution in [-0.2, 0) is 9.59 Å². The fourth-order valence-corrected chi connectivity index (χ4v) is 4.37. The Morgan fingerprint density at radius 2 is 1.42 bits per heavy atom. The predicted molar refractivity (Wildman–Crippen MR) is 144 cm³/mol. The van der Waals surface area contributed by atoms with Crippen molar-refractivity contribution in [3.63, 3.8) is 0 Å².